The van der Waals surface area contributed by atoms with Gasteiger partial charge in [-0.25, -0.2) is 0 Å². The van der Waals surface area contributed by atoms with Gasteiger partial charge < -0.3 is 10.6 Å². The molecule has 1 rings (SSSR count). The number of carbonyl (C=O) groups is 1. The molecule has 4 heteroatoms. The molecule has 0 heterocycles. The summed E-state index contributed by atoms with van der Waals surface area (Å²) in [6.45, 7) is 4.68. The van der Waals surface area contributed by atoms with E-state index in [9.17, 15) is 4.79 Å². The standard InChI is InChI=1S/C14H21ClN2O/c1-10(2)8-13(16)14(18)17(3)9-11-4-6-12(15)7-5-11/h4-7,10,13H,8-9,16H2,1-3H3/t13-/m1/s1. The highest BCUT2D eigenvalue weighted by atomic mass is 35.5. The topological polar surface area (TPSA) is 46.3 Å². The van der Waals surface area contributed by atoms with E-state index in [-0.39, 0.29) is 5.91 Å². The number of hydrogen-bond acceptors (Lipinski definition) is 2. The predicted molar refractivity (Wildman–Crippen MR) is 75.4 cm³/mol. The number of rotatable bonds is 5. The van der Waals surface area contributed by atoms with E-state index in [1.54, 1.807) is 11.9 Å². The molecule has 0 aliphatic rings. The fraction of sp³-hybridized carbons (Fsp3) is 0.500. The Hall–Kier alpha value is -1.06. The fourth-order valence-electron chi connectivity index (χ4n) is 1.83. The van der Waals surface area contributed by atoms with E-state index in [1.807, 2.05) is 24.3 Å². The molecule has 0 aliphatic heterocycles. The molecule has 1 aromatic carbocycles. The van der Waals surface area contributed by atoms with E-state index in [0.29, 0.717) is 23.9 Å². The van der Waals surface area contributed by atoms with Gasteiger partial charge in [0, 0.05) is 18.6 Å². The number of halogens is 1. The number of nitrogens with two attached hydrogens (primary N) is 1. The van der Waals surface area contributed by atoms with Crippen molar-refractivity contribution in [2.24, 2.45) is 11.7 Å². The highest BCUT2D eigenvalue weighted by Crippen LogP contribution is 2.12. The maximum absolute atomic E-state index is 12.0. The molecular formula is C14H21ClN2O. The lowest BCUT2D eigenvalue weighted by atomic mass is 10.0. The van der Waals surface area contributed by atoms with Crippen LogP contribution < -0.4 is 5.73 Å². The second kappa shape index (κ2) is 6.76. The largest absolute Gasteiger partial charge is 0.340 e. The summed E-state index contributed by atoms with van der Waals surface area (Å²) in [7, 11) is 1.77. The summed E-state index contributed by atoms with van der Waals surface area (Å²) in [5.41, 5.74) is 6.93. The minimum Gasteiger partial charge on any atom is -0.340 e. The van der Waals surface area contributed by atoms with Crippen molar-refractivity contribution in [2.75, 3.05) is 7.05 Å². The van der Waals surface area contributed by atoms with Crippen LogP contribution in [0.25, 0.3) is 0 Å². The van der Waals surface area contributed by atoms with Crippen molar-refractivity contribution in [3.63, 3.8) is 0 Å². The van der Waals surface area contributed by atoms with Gasteiger partial charge in [0.1, 0.15) is 0 Å². The first-order valence-electron chi connectivity index (χ1n) is 6.15. The minimum absolute atomic E-state index is 0.0151. The molecule has 100 valence electrons. The van der Waals surface area contributed by atoms with Crippen LogP contribution in [0.15, 0.2) is 24.3 Å². The summed E-state index contributed by atoms with van der Waals surface area (Å²) in [5, 5.41) is 0.698. The third-order valence-electron chi connectivity index (χ3n) is 2.75. The quantitative estimate of drug-likeness (QED) is 0.892. The molecule has 3 nitrogen and oxygen atoms in total. The van der Waals surface area contributed by atoms with Crippen LogP contribution in [0.4, 0.5) is 0 Å². The van der Waals surface area contributed by atoms with Gasteiger partial charge >= 0.3 is 0 Å². The number of carbonyl (C=O) groups excluding carboxylic acids is 1. The smallest absolute Gasteiger partial charge is 0.239 e. The summed E-state index contributed by atoms with van der Waals surface area (Å²) in [6.07, 6.45) is 0.712. The first kappa shape index (κ1) is 15.0. The van der Waals surface area contributed by atoms with Gasteiger partial charge in [0.25, 0.3) is 0 Å². The zero-order valence-corrected chi connectivity index (χ0v) is 11.9. The lowest BCUT2D eigenvalue weighted by Crippen LogP contribution is -2.42. The van der Waals surface area contributed by atoms with Crippen molar-refractivity contribution in [1.29, 1.82) is 0 Å². The average molecular weight is 269 g/mol. The Morgan fingerprint density at radius 2 is 1.89 bits per heavy atom. The molecule has 18 heavy (non-hydrogen) atoms. The summed E-state index contributed by atoms with van der Waals surface area (Å²) in [6, 6.07) is 7.06. The van der Waals surface area contributed by atoms with Gasteiger partial charge in [-0.05, 0) is 30.0 Å². The van der Waals surface area contributed by atoms with E-state index in [1.165, 1.54) is 0 Å². The third kappa shape index (κ3) is 4.67. The Labute approximate surface area is 114 Å². The van der Waals surface area contributed by atoms with Crippen molar-refractivity contribution in [3.05, 3.63) is 34.9 Å². The van der Waals surface area contributed by atoms with Crippen LogP contribution in [0, 0.1) is 5.92 Å². The molecule has 0 saturated heterocycles. The van der Waals surface area contributed by atoms with Crippen molar-refractivity contribution >= 4 is 17.5 Å². The van der Waals surface area contributed by atoms with Gasteiger partial charge in [-0.2, -0.15) is 0 Å². The van der Waals surface area contributed by atoms with Crippen LogP contribution in [0.1, 0.15) is 25.8 Å². The van der Waals surface area contributed by atoms with Crippen LogP contribution >= 0.6 is 11.6 Å². The molecule has 0 unspecified atom stereocenters. The van der Waals surface area contributed by atoms with E-state index in [2.05, 4.69) is 13.8 Å². The SMILES string of the molecule is CC(C)C[C@@H](N)C(=O)N(C)Cc1ccc(Cl)cc1. The molecule has 2 N–H and O–H groups in total. The van der Waals surface area contributed by atoms with Crippen molar-refractivity contribution < 1.29 is 4.79 Å². The van der Waals surface area contributed by atoms with Gasteiger partial charge in [-0.15, -0.1) is 0 Å². The summed E-state index contributed by atoms with van der Waals surface area (Å²) < 4.78 is 0. The fourth-order valence-corrected chi connectivity index (χ4v) is 1.96. The predicted octanol–water partition coefficient (Wildman–Crippen LogP) is 2.67. The van der Waals surface area contributed by atoms with Crippen molar-refractivity contribution in [1.82, 2.24) is 4.90 Å². The number of amides is 1. The minimum atomic E-state index is -0.415. The van der Waals surface area contributed by atoms with Crippen molar-refractivity contribution in [3.8, 4) is 0 Å². The lowest BCUT2D eigenvalue weighted by molar-refractivity contribution is -0.132. The maximum atomic E-state index is 12.0. The molecular weight excluding hydrogens is 248 g/mol. The van der Waals surface area contributed by atoms with Gasteiger partial charge in [-0.3, -0.25) is 4.79 Å². The van der Waals surface area contributed by atoms with E-state index in [0.717, 1.165) is 5.56 Å². The average Bonchev–Trinajstić information content (AvgIpc) is 2.30. The lowest BCUT2D eigenvalue weighted by Gasteiger charge is -2.22. The van der Waals surface area contributed by atoms with Crippen LogP contribution in [0.5, 0.6) is 0 Å². The normalized spacial score (nSPS) is 12.6. The molecule has 0 spiro atoms. The third-order valence-corrected chi connectivity index (χ3v) is 3.00. The second-order valence-corrected chi connectivity index (χ2v) is 5.49. The Bertz CT molecular complexity index is 389. The highest BCUT2D eigenvalue weighted by Gasteiger charge is 2.18. The van der Waals surface area contributed by atoms with Gasteiger partial charge in [0.05, 0.1) is 6.04 Å². The van der Waals surface area contributed by atoms with Crippen LogP contribution in [-0.2, 0) is 11.3 Å². The van der Waals surface area contributed by atoms with Crippen molar-refractivity contribution in [2.45, 2.75) is 32.9 Å². The highest BCUT2D eigenvalue weighted by molar-refractivity contribution is 6.30. The van der Waals surface area contributed by atoms with E-state index >= 15 is 0 Å². The number of benzene rings is 1. The molecule has 0 aliphatic carbocycles. The molecule has 0 aromatic heterocycles. The molecule has 0 bridgehead atoms. The Morgan fingerprint density at radius 1 is 1.33 bits per heavy atom. The summed E-state index contributed by atoms with van der Waals surface area (Å²) >= 11 is 5.82. The molecule has 0 saturated carbocycles. The maximum Gasteiger partial charge on any atom is 0.239 e. The number of hydrogen-bond donors (Lipinski definition) is 1. The zero-order valence-electron chi connectivity index (χ0n) is 11.2. The first-order valence-corrected chi connectivity index (χ1v) is 6.53. The molecule has 0 fully saturated rings. The summed E-state index contributed by atoms with van der Waals surface area (Å²) in [5.74, 6) is 0.409. The van der Waals surface area contributed by atoms with Crippen LogP contribution in [-0.4, -0.2) is 23.9 Å². The zero-order chi connectivity index (χ0) is 13.7. The molecule has 1 aromatic rings. The first-order chi connectivity index (χ1) is 8.40. The van der Waals surface area contributed by atoms with Gasteiger partial charge in [0.15, 0.2) is 0 Å². The van der Waals surface area contributed by atoms with Gasteiger partial charge in [0.2, 0.25) is 5.91 Å². The summed E-state index contributed by atoms with van der Waals surface area (Å²) in [4.78, 5) is 13.7. The van der Waals surface area contributed by atoms with Gasteiger partial charge in [-0.1, -0.05) is 37.6 Å². The Balaban J connectivity index is 2.56. The monoisotopic (exact) mass is 268 g/mol. The molecule has 0 radical (unpaired) electrons. The Kier molecular flexibility index (Phi) is 5.63. The Morgan fingerprint density at radius 3 is 2.39 bits per heavy atom. The molecule has 1 amide bonds. The van der Waals surface area contributed by atoms with E-state index < -0.39 is 6.04 Å². The van der Waals surface area contributed by atoms with Crippen LogP contribution in [0.3, 0.4) is 0 Å². The molecule has 1 atom stereocenters. The number of likely N-dealkylation sites (N-methyl/N-ethyl adjacent to an activating group) is 1. The van der Waals surface area contributed by atoms with E-state index in [4.69, 9.17) is 17.3 Å². The number of nitrogens with zero attached hydrogens (tertiary/aromatic N) is 1. The second-order valence-electron chi connectivity index (χ2n) is 5.06. The van der Waals surface area contributed by atoms with Crippen LogP contribution in [0.2, 0.25) is 5.02 Å².